The minimum atomic E-state index is -4.58. The third-order valence-electron chi connectivity index (χ3n) is 2.32. The van der Waals surface area contributed by atoms with Gasteiger partial charge in [-0.2, -0.15) is 13.2 Å². The molecule has 0 saturated carbocycles. The molecule has 0 unspecified atom stereocenters. The summed E-state index contributed by atoms with van der Waals surface area (Å²) >= 11 is 0. The van der Waals surface area contributed by atoms with Crippen molar-refractivity contribution in [3.8, 4) is 5.75 Å². The van der Waals surface area contributed by atoms with Crippen LogP contribution in [0.15, 0.2) is 36.9 Å². The maximum Gasteiger partial charge on any atom is 0.412 e. The summed E-state index contributed by atoms with van der Waals surface area (Å²) in [6, 6.07) is 3.34. The predicted molar refractivity (Wildman–Crippen MR) is 64.7 cm³/mol. The normalized spacial score (nSPS) is 12.6. The number of rotatable bonds is 5. The minimum Gasteiger partial charge on any atom is -0.494 e. The molecular formula is C13H14F3NO2. The van der Waals surface area contributed by atoms with E-state index in [2.05, 4.69) is 6.58 Å². The number of alkyl halides is 3. The summed E-state index contributed by atoms with van der Waals surface area (Å²) in [5.74, 6) is -0.404. The summed E-state index contributed by atoms with van der Waals surface area (Å²) in [5, 5.41) is 1.85. The topological polar surface area (TPSA) is 38.3 Å². The van der Waals surface area contributed by atoms with E-state index in [9.17, 15) is 18.0 Å². The van der Waals surface area contributed by atoms with Gasteiger partial charge in [0.2, 0.25) is 5.91 Å². The lowest BCUT2D eigenvalue weighted by molar-refractivity contribution is -0.162. The van der Waals surface area contributed by atoms with Gasteiger partial charge in [-0.1, -0.05) is 18.7 Å². The first kappa shape index (κ1) is 15.1. The highest BCUT2D eigenvalue weighted by Crippen LogP contribution is 2.33. The quantitative estimate of drug-likeness (QED) is 0.837. The number of hydrogen-bond donors (Lipinski definition) is 1. The van der Waals surface area contributed by atoms with Gasteiger partial charge in [-0.3, -0.25) is 4.79 Å². The highest BCUT2D eigenvalue weighted by molar-refractivity contribution is 5.87. The van der Waals surface area contributed by atoms with Crippen molar-refractivity contribution >= 4 is 5.91 Å². The molecule has 0 aromatic heterocycles. The molecule has 0 fully saturated rings. The van der Waals surface area contributed by atoms with Crippen molar-refractivity contribution in [1.29, 1.82) is 0 Å². The van der Waals surface area contributed by atoms with Crippen LogP contribution < -0.4 is 10.1 Å². The highest BCUT2D eigenvalue weighted by Gasteiger charge is 2.41. The van der Waals surface area contributed by atoms with Crippen molar-refractivity contribution < 1.29 is 22.7 Å². The molecule has 1 amide bonds. The first-order chi connectivity index (χ1) is 8.88. The van der Waals surface area contributed by atoms with Gasteiger partial charge in [-0.05, 0) is 30.7 Å². The standard InChI is InChI=1S/C13H14F3NO2/c1-3-11(18)17-12(13(14,15)16)9-5-7-10(8-6-9)19-4-2/h3,5-8,12H,1,4H2,2H3,(H,17,18)/t12-/m1/s1. The molecule has 0 spiro atoms. The van der Waals surface area contributed by atoms with Crippen molar-refractivity contribution in [2.75, 3.05) is 6.61 Å². The molecule has 1 atom stereocenters. The van der Waals surface area contributed by atoms with Gasteiger partial charge in [0.1, 0.15) is 5.75 Å². The Bertz CT molecular complexity index is 440. The van der Waals surface area contributed by atoms with Crippen LogP contribution in [0.25, 0.3) is 0 Å². The number of amides is 1. The summed E-state index contributed by atoms with van der Waals surface area (Å²) in [7, 11) is 0. The van der Waals surface area contributed by atoms with Crippen molar-refractivity contribution in [3.63, 3.8) is 0 Å². The average Bonchev–Trinajstić information content (AvgIpc) is 2.36. The number of ether oxygens (including phenoxy) is 1. The molecule has 0 radical (unpaired) electrons. The van der Waals surface area contributed by atoms with E-state index in [1.807, 2.05) is 5.32 Å². The molecule has 0 aliphatic rings. The molecule has 0 heterocycles. The van der Waals surface area contributed by atoms with Crippen LogP contribution >= 0.6 is 0 Å². The van der Waals surface area contributed by atoms with E-state index in [-0.39, 0.29) is 5.56 Å². The monoisotopic (exact) mass is 273 g/mol. The van der Waals surface area contributed by atoms with Crippen molar-refractivity contribution in [2.24, 2.45) is 0 Å². The van der Waals surface area contributed by atoms with Crippen LogP contribution in [0.1, 0.15) is 18.5 Å². The maximum absolute atomic E-state index is 12.9. The van der Waals surface area contributed by atoms with E-state index < -0.39 is 18.1 Å². The fourth-order valence-electron chi connectivity index (χ4n) is 1.48. The van der Waals surface area contributed by atoms with Crippen LogP contribution in [0.5, 0.6) is 5.75 Å². The molecule has 0 aliphatic carbocycles. The van der Waals surface area contributed by atoms with Gasteiger partial charge >= 0.3 is 6.18 Å². The Kier molecular flexibility index (Phi) is 4.97. The molecule has 1 N–H and O–H groups in total. The first-order valence-corrected chi connectivity index (χ1v) is 5.61. The zero-order valence-corrected chi connectivity index (χ0v) is 10.3. The number of hydrogen-bond acceptors (Lipinski definition) is 2. The molecule has 0 aliphatic heterocycles. The van der Waals surface area contributed by atoms with E-state index in [0.29, 0.717) is 12.4 Å². The molecule has 104 valence electrons. The zero-order valence-electron chi connectivity index (χ0n) is 10.3. The SMILES string of the molecule is C=CC(=O)N[C@H](c1ccc(OCC)cc1)C(F)(F)F. The number of halogens is 3. The van der Waals surface area contributed by atoms with Crippen molar-refractivity contribution in [3.05, 3.63) is 42.5 Å². The van der Waals surface area contributed by atoms with Gasteiger partial charge in [0.15, 0.2) is 6.04 Å². The molecule has 0 bridgehead atoms. The van der Waals surface area contributed by atoms with Crippen LogP contribution in [0.4, 0.5) is 13.2 Å². The van der Waals surface area contributed by atoms with Gasteiger partial charge in [0, 0.05) is 0 Å². The lowest BCUT2D eigenvalue weighted by Crippen LogP contribution is -2.37. The number of carbonyl (C=O) groups is 1. The largest absolute Gasteiger partial charge is 0.494 e. The highest BCUT2D eigenvalue weighted by atomic mass is 19.4. The fourth-order valence-corrected chi connectivity index (χ4v) is 1.48. The Hall–Kier alpha value is -1.98. The maximum atomic E-state index is 12.9. The van der Waals surface area contributed by atoms with E-state index in [0.717, 1.165) is 6.08 Å². The molecule has 1 aromatic carbocycles. The van der Waals surface area contributed by atoms with E-state index >= 15 is 0 Å². The van der Waals surface area contributed by atoms with E-state index in [1.165, 1.54) is 24.3 Å². The van der Waals surface area contributed by atoms with Crippen LogP contribution in [-0.4, -0.2) is 18.7 Å². The van der Waals surface area contributed by atoms with Gasteiger partial charge in [0.05, 0.1) is 6.61 Å². The predicted octanol–water partition coefficient (Wildman–Crippen LogP) is 2.99. The van der Waals surface area contributed by atoms with E-state index in [4.69, 9.17) is 4.74 Å². The van der Waals surface area contributed by atoms with E-state index in [1.54, 1.807) is 6.92 Å². The lowest BCUT2D eigenvalue weighted by Gasteiger charge is -2.21. The van der Waals surface area contributed by atoms with Crippen LogP contribution in [-0.2, 0) is 4.79 Å². The Balaban J connectivity index is 2.97. The summed E-state index contributed by atoms with van der Waals surface area (Å²) < 4.78 is 43.8. The number of carbonyl (C=O) groups excluding carboxylic acids is 1. The summed E-state index contributed by atoms with van der Waals surface area (Å²) in [5.41, 5.74) is -0.0637. The second-order valence-electron chi connectivity index (χ2n) is 3.69. The van der Waals surface area contributed by atoms with Crippen LogP contribution in [0.2, 0.25) is 0 Å². The van der Waals surface area contributed by atoms with Crippen molar-refractivity contribution in [2.45, 2.75) is 19.1 Å². The Morgan fingerprint density at radius 1 is 1.42 bits per heavy atom. The number of nitrogens with one attached hydrogen (secondary N) is 1. The van der Waals surface area contributed by atoms with Gasteiger partial charge in [-0.15, -0.1) is 0 Å². The second kappa shape index (κ2) is 6.26. The molecule has 3 nitrogen and oxygen atoms in total. The third-order valence-corrected chi connectivity index (χ3v) is 2.32. The molecule has 19 heavy (non-hydrogen) atoms. The Labute approximate surface area is 109 Å². The van der Waals surface area contributed by atoms with Gasteiger partial charge in [0.25, 0.3) is 0 Å². The third kappa shape index (κ3) is 4.31. The summed E-state index contributed by atoms with van der Waals surface area (Å²) in [4.78, 5) is 11.1. The lowest BCUT2D eigenvalue weighted by atomic mass is 10.1. The summed E-state index contributed by atoms with van der Waals surface area (Å²) in [6.45, 7) is 5.33. The van der Waals surface area contributed by atoms with Crippen LogP contribution in [0, 0.1) is 0 Å². The zero-order chi connectivity index (χ0) is 14.5. The molecule has 0 saturated heterocycles. The average molecular weight is 273 g/mol. The molecule has 1 rings (SSSR count). The fraction of sp³-hybridized carbons (Fsp3) is 0.308. The molecule has 1 aromatic rings. The van der Waals surface area contributed by atoms with Crippen molar-refractivity contribution in [1.82, 2.24) is 5.32 Å². The number of benzene rings is 1. The summed E-state index contributed by atoms with van der Waals surface area (Å²) in [6.07, 6.45) is -3.78. The smallest absolute Gasteiger partial charge is 0.412 e. The first-order valence-electron chi connectivity index (χ1n) is 5.61. The Morgan fingerprint density at radius 3 is 2.42 bits per heavy atom. The van der Waals surface area contributed by atoms with Gasteiger partial charge in [-0.25, -0.2) is 0 Å². The molecular weight excluding hydrogens is 259 g/mol. The van der Waals surface area contributed by atoms with Gasteiger partial charge < -0.3 is 10.1 Å². The second-order valence-corrected chi connectivity index (χ2v) is 3.69. The minimum absolute atomic E-state index is 0.0637. The van der Waals surface area contributed by atoms with Crippen LogP contribution in [0.3, 0.4) is 0 Å². The Morgan fingerprint density at radius 2 is 2.00 bits per heavy atom. The molecule has 6 heteroatoms.